The fraction of sp³-hybridized carbons (Fsp3) is 0.222. The van der Waals surface area contributed by atoms with Gasteiger partial charge in [-0.05, 0) is 12.1 Å². The molecule has 7 nitrogen and oxygen atoms in total. The van der Waals surface area contributed by atoms with Crippen LogP contribution in [0.2, 0.25) is 5.02 Å². The summed E-state index contributed by atoms with van der Waals surface area (Å²) in [6, 6.07) is 9.04. The Balaban J connectivity index is 1.36. The Bertz CT molecular complexity index is 973. The first-order valence-electron chi connectivity index (χ1n) is 8.30. The van der Waals surface area contributed by atoms with Crippen molar-refractivity contribution in [3.63, 3.8) is 0 Å². The maximum atomic E-state index is 12.4. The third-order valence-electron chi connectivity index (χ3n) is 4.29. The number of carbonyl (C=O) groups is 2. The number of hydrogen-bond acceptors (Lipinski definition) is 6. The number of nitrogens with one attached hydrogen (secondary N) is 1. The Morgan fingerprint density at radius 3 is 3.04 bits per heavy atom. The molecule has 2 aromatic heterocycles. The summed E-state index contributed by atoms with van der Waals surface area (Å²) in [5, 5.41) is 9.78. The summed E-state index contributed by atoms with van der Waals surface area (Å²) in [7, 11) is 0. The van der Waals surface area contributed by atoms with Crippen molar-refractivity contribution in [2.75, 3.05) is 11.4 Å². The lowest BCUT2D eigenvalue weighted by atomic mass is 10.1. The molecule has 1 saturated heterocycles. The zero-order valence-electron chi connectivity index (χ0n) is 14.1. The monoisotopic (exact) mass is 402 g/mol. The van der Waals surface area contributed by atoms with Gasteiger partial charge in [-0.15, -0.1) is 11.3 Å². The first-order valence-corrected chi connectivity index (χ1v) is 9.55. The molecule has 1 aromatic carbocycles. The van der Waals surface area contributed by atoms with Crippen LogP contribution in [0, 0.1) is 5.92 Å². The number of amides is 2. The van der Waals surface area contributed by atoms with E-state index in [1.54, 1.807) is 28.6 Å². The molecule has 1 fully saturated rings. The maximum Gasteiger partial charge on any atom is 0.229 e. The second-order valence-electron chi connectivity index (χ2n) is 6.10. The van der Waals surface area contributed by atoms with E-state index in [0.29, 0.717) is 28.2 Å². The average Bonchev–Trinajstić information content (AvgIpc) is 3.40. The van der Waals surface area contributed by atoms with Crippen molar-refractivity contribution in [3.8, 4) is 11.3 Å². The van der Waals surface area contributed by atoms with E-state index in [2.05, 4.69) is 15.5 Å². The summed E-state index contributed by atoms with van der Waals surface area (Å²) in [5.41, 5.74) is 1.32. The van der Waals surface area contributed by atoms with Gasteiger partial charge in [0.2, 0.25) is 11.8 Å². The Hall–Kier alpha value is -2.71. The third kappa shape index (κ3) is 3.72. The second-order valence-corrected chi connectivity index (χ2v) is 7.38. The van der Waals surface area contributed by atoms with Gasteiger partial charge in [-0.2, -0.15) is 0 Å². The Kier molecular flexibility index (Phi) is 4.91. The van der Waals surface area contributed by atoms with Crippen LogP contribution in [0.5, 0.6) is 0 Å². The van der Waals surface area contributed by atoms with Crippen LogP contribution in [-0.2, 0) is 16.1 Å². The summed E-state index contributed by atoms with van der Waals surface area (Å²) < 4.78 is 5.32. The van der Waals surface area contributed by atoms with Gasteiger partial charge in [-0.25, -0.2) is 4.98 Å². The molecule has 1 N–H and O–H groups in total. The summed E-state index contributed by atoms with van der Waals surface area (Å²) in [5.74, 6) is -0.149. The van der Waals surface area contributed by atoms with Crippen LogP contribution in [0.4, 0.5) is 5.13 Å². The number of carbonyl (C=O) groups excluding carboxylic acids is 2. The number of hydrogen-bond donors (Lipinski definition) is 1. The molecule has 0 bridgehead atoms. The topological polar surface area (TPSA) is 88.3 Å². The lowest BCUT2D eigenvalue weighted by Crippen LogP contribution is -2.32. The van der Waals surface area contributed by atoms with Crippen molar-refractivity contribution < 1.29 is 14.1 Å². The van der Waals surface area contributed by atoms with Crippen molar-refractivity contribution >= 4 is 39.9 Å². The highest BCUT2D eigenvalue weighted by molar-refractivity contribution is 7.13. The highest BCUT2D eigenvalue weighted by atomic mass is 35.5. The molecule has 0 radical (unpaired) electrons. The molecule has 4 rings (SSSR count). The van der Waals surface area contributed by atoms with E-state index < -0.39 is 5.92 Å². The van der Waals surface area contributed by atoms with E-state index in [-0.39, 0.29) is 24.8 Å². The number of benzene rings is 1. The number of halogens is 1. The molecule has 1 aliphatic heterocycles. The van der Waals surface area contributed by atoms with Crippen molar-refractivity contribution in [1.29, 1.82) is 0 Å². The van der Waals surface area contributed by atoms with Gasteiger partial charge in [0.1, 0.15) is 5.69 Å². The second kappa shape index (κ2) is 7.50. The zero-order valence-corrected chi connectivity index (χ0v) is 15.7. The molecular weight excluding hydrogens is 388 g/mol. The third-order valence-corrected chi connectivity index (χ3v) is 5.41. The van der Waals surface area contributed by atoms with Crippen LogP contribution in [0.3, 0.4) is 0 Å². The zero-order chi connectivity index (χ0) is 18.8. The summed E-state index contributed by atoms with van der Waals surface area (Å²) in [6.07, 6.45) is 1.82. The number of nitrogens with zero attached hydrogens (tertiary/aromatic N) is 3. The predicted octanol–water partition coefficient (Wildman–Crippen LogP) is 3.12. The van der Waals surface area contributed by atoms with E-state index >= 15 is 0 Å². The van der Waals surface area contributed by atoms with Crippen molar-refractivity contribution in [2.24, 2.45) is 5.92 Å². The number of aromatic nitrogens is 2. The van der Waals surface area contributed by atoms with Gasteiger partial charge in [0.05, 0.1) is 17.5 Å². The number of rotatable bonds is 5. The smallest absolute Gasteiger partial charge is 0.229 e. The molecule has 2 amide bonds. The lowest BCUT2D eigenvalue weighted by Gasteiger charge is -2.12. The molecule has 0 aliphatic carbocycles. The van der Waals surface area contributed by atoms with Crippen LogP contribution >= 0.6 is 22.9 Å². The van der Waals surface area contributed by atoms with Gasteiger partial charge >= 0.3 is 0 Å². The Morgan fingerprint density at radius 2 is 2.26 bits per heavy atom. The van der Waals surface area contributed by atoms with Gasteiger partial charge in [0, 0.05) is 36.2 Å². The molecule has 0 spiro atoms. The number of thiazole rings is 1. The molecule has 9 heteroatoms. The predicted molar refractivity (Wildman–Crippen MR) is 101 cm³/mol. The van der Waals surface area contributed by atoms with E-state index in [0.717, 1.165) is 5.56 Å². The lowest BCUT2D eigenvalue weighted by molar-refractivity contribution is -0.126. The van der Waals surface area contributed by atoms with Gasteiger partial charge in [-0.3, -0.25) is 14.5 Å². The van der Waals surface area contributed by atoms with Gasteiger partial charge in [-0.1, -0.05) is 28.9 Å². The summed E-state index contributed by atoms with van der Waals surface area (Å²) in [6.45, 7) is 0.552. The molecule has 1 atom stereocenters. The highest BCUT2D eigenvalue weighted by Gasteiger charge is 2.36. The van der Waals surface area contributed by atoms with Crippen LogP contribution in [-0.4, -0.2) is 28.5 Å². The molecule has 1 unspecified atom stereocenters. The molecule has 3 heterocycles. The molecule has 27 heavy (non-hydrogen) atoms. The maximum absolute atomic E-state index is 12.4. The minimum Gasteiger partial charge on any atom is -0.356 e. The normalized spacial score (nSPS) is 16.7. The van der Waals surface area contributed by atoms with Gasteiger partial charge < -0.3 is 9.84 Å². The fourth-order valence-electron chi connectivity index (χ4n) is 2.92. The summed E-state index contributed by atoms with van der Waals surface area (Å²) >= 11 is 7.53. The molecule has 3 aromatic rings. The Morgan fingerprint density at radius 1 is 1.41 bits per heavy atom. The SMILES string of the molecule is O=C(NCc1cc(-c2ccccc2Cl)on1)C1CC(=O)N(c2nccs2)C1. The van der Waals surface area contributed by atoms with Crippen LogP contribution < -0.4 is 10.2 Å². The minimum atomic E-state index is -0.406. The molecule has 138 valence electrons. The molecule has 0 saturated carbocycles. The van der Waals surface area contributed by atoms with Crippen LogP contribution in [0.1, 0.15) is 12.1 Å². The van der Waals surface area contributed by atoms with E-state index in [9.17, 15) is 9.59 Å². The first kappa shape index (κ1) is 17.7. The molecular formula is C18H15ClN4O3S. The van der Waals surface area contributed by atoms with E-state index in [1.165, 1.54) is 11.3 Å². The molecule has 1 aliphatic rings. The fourth-order valence-corrected chi connectivity index (χ4v) is 3.82. The Labute approximate surface area is 163 Å². The largest absolute Gasteiger partial charge is 0.356 e. The van der Waals surface area contributed by atoms with Gasteiger partial charge in [0.25, 0.3) is 0 Å². The minimum absolute atomic E-state index is 0.0902. The van der Waals surface area contributed by atoms with Crippen LogP contribution in [0.25, 0.3) is 11.3 Å². The summed E-state index contributed by atoms with van der Waals surface area (Å²) in [4.78, 5) is 30.2. The quantitative estimate of drug-likeness (QED) is 0.708. The van der Waals surface area contributed by atoms with Gasteiger partial charge in [0.15, 0.2) is 10.9 Å². The van der Waals surface area contributed by atoms with Crippen molar-refractivity contribution in [2.45, 2.75) is 13.0 Å². The van der Waals surface area contributed by atoms with Crippen molar-refractivity contribution in [3.05, 3.63) is 52.6 Å². The standard InChI is InChI=1S/C18H15ClN4O3S/c19-14-4-2-1-3-13(14)15-8-12(22-26-15)9-21-17(25)11-7-16(24)23(10-11)18-20-5-6-27-18/h1-6,8,11H,7,9-10H2,(H,21,25). The number of anilines is 1. The highest BCUT2D eigenvalue weighted by Crippen LogP contribution is 2.28. The van der Waals surface area contributed by atoms with Crippen molar-refractivity contribution in [1.82, 2.24) is 15.5 Å². The van der Waals surface area contributed by atoms with E-state index in [1.807, 2.05) is 18.2 Å². The van der Waals surface area contributed by atoms with Crippen LogP contribution in [0.15, 0.2) is 46.4 Å². The first-order chi connectivity index (χ1) is 13.1. The van der Waals surface area contributed by atoms with E-state index in [4.69, 9.17) is 16.1 Å². The average molecular weight is 403 g/mol.